The highest BCUT2D eigenvalue weighted by atomic mass is 79.9. The first-order valence-corrected chi connectivity index (χ1v) is 11.9. The number of carbonyl (C=O) groups excluding carboxylic acids is 2. The van der Waals surface area contributed by atoms with E-state index in [-0.39, 0.29) is 29.3 Å². The van der Waals surface area contributed by atoms with Crippen LogP contribution < -0.4 is 20.8 Å². The molecule has 1 unspecified atom stereocenters. The lowest BCUT2D eigenvalue weighted by Gasteiger charge is -2.25. The molecule has 1 aliphatic rings. The van der Waals surface area contributed by atoms with E-state index in [0.717, 1.165) is 16.5 Å². The van der Waals surface area contributed by atoms with Crippen LogP contribution in [-0.2, 0) is 11.2 Å². The second-order valence-electron chi connectivity index (χ2n) is 8.24. The smallest absolute Gasteiger partial charge is 0.295 e. The first-order chi connectivity index (χ1) is 16.9. The number of hydrogen-bond donors (Lipinski definition) is 1. The summed E-state index contributed by atoms with van der Waals surface area (Å²) in [6, 6.07) is 19.0. The van der Waals surface area contributed by atoms with E-state index in [9.17, 15) is 14.4 Å². The average Bonchev–Trinajstić information content (AvgIpc) is 3.16. The molecule has 1 aromatic heterocycles. The number of primary amides is 1. The van der Waals surface area contributed by atoms with Crippen molar-refractivity contribution in [3.63, 3.8) is 0 Å². The lowest BCUT2D eigenvalue weighted by atomic mass is 9.98. The van der Waals surface area contributed by atoms with Crippen LogP contribution in [0.15, 0.2) is 80.4 Å². The summed E-state index contributed by atoms with van der Waals surface area (Å²) in [5.74, 6) is -0.485. The molecule has 2 amide bonds. The van der Waals surface area contributed by atoms with Gasteiger partial charge in [0, 0.05) is 10.2 Å². The highest BCUT2D eigenvalue weighted by Crippen LogP contribution is 2.41. The van der Waals surface area contributed by atoms with Crippen molar-refractivity contribution in [3.8, 4) is 5.75 Å². The van der Waals surface area contributed by atoms with Gasteiger partial charge in [0.05, 0.1) is 17.0 Å². The van der Waals surface area contributed by atoms with Crippen LogP contribution >= 0.6 is 15.9 Å². The molecule has 0 bridgehead atoms. The molecule has 0 aliphatic carbocycles. The van der Waals surface area contributed by atoms with Crippen molar-refractivity contribution in [3.05, 3.63) is 104 Å². The zero-order valence-corrected chi connectivity index (χ0v) is 20.4. The number of amides is 2. The molecule has 0 spiro atoms. The molecule has 0 saturated heterocycles. The van der Waals surface area contributed by atoms with Crippen LogP contribution in [0.5, 0.6) is 5.75 Å². The number of rotatable bonds is 6. The fourth-order valence-electron chi connectivity index (χ4n) is 4.32. The van der Waals surface area contributed by atoms with Crippen molar-refractivity contribution in [2.75, 3.05) is 11.5 Å². The third-order valence-electron chi connectivity index (χ3n) is 6.03. The average molecular weight is 533 g/mol. The molecule has 4 aromatic rings. The number of anilines is 1. The second kappa shape index (κ2) is 9.03. The van der Waals surface area contributed by atoms with E-state index < -0.39 is 11.9 Å². The second-order valence-corrected chi connectivity index (χ2v) is 9.15. The first-order valence-electron chi connectivity index (χ1n) is 11.1. The maximum absolute atomic E-state index is 13.7. The molecule has 2 heterocycles. The monoisotopic (exact) mass is 532 g/mol. The van der Waals surface area contributed by atoms with Gasteiger partial charge in [-0.25, -0.2) is 0 Å². The van der Waals surface area contributed by atoms with Crippen LogP contribution in [-0.4, -0.2) is 18.4 Å². The highest BCUT2D eigenvalue weighted by Gasteiger charge is 2.43. The summed E-state index contributed by atoms with van der Waals surface area (Å²) >= 11 is 3.41. The quantitative estimate of drug-likeness (QED) is 0.386. The van der Waals surface area contributed by atoms with Gasteiger partial charge >= 0.3 is 0 Å². The molecule has 7 nitrogen and oxygen atoms in total. The number of hydrogen-bond acceptors (Lipinski definition) is 5. The summed E-state index contributed by atoms with van der Waals surface area (Å²) < 4.78 is 12.1. The van der Waals surface area contributed by atoms with Crippen molar-refractivity contribution >= 4 is 44.4 Å². The summed E-state index contributed by atoms with van der Waals surface area (Å²) in [5.41, 5.74) is 8.02. The SMILES string of the molecule is CCc1ccc(N2C(=O)c3oc4ccc(Br)cc4c(=O)c3C2c2ccc(OCC(N)=O)cc2)cc1. The van der Waals surface area contributed by atoms with Crippen LogP contribution in [0.4, 0.5) is 5.69 Å². The van der Waals surface area contributed by atoms with Gasteiger partial charge in [0.15, 0.2) is 12.0 Å². The van der Waals surface area contributed by atoms with Gasteiger partial charge in [-0.1, -0.05) is 47.1 Å². The normalized spacial score (nSPS) is 14.9. The summed E-state index contributed by atoms with van der Waals surface area (Å²) in [5, 5.41) is 0.389. The van der Waals surface area contributed by atoms with Crippen LogP contribution in [0.25, 0.3) is 11.0 Å². The Hall–Kier alpha value is -3.91. The number of nitrogens with zero attached hydrogens (tertiary/aromatic N) is 1. The first kappa shape index (κ1) is 22.9. The summed E-state index contributed by atoms with van der Waals surface area (Å²) in [4.78, 5) is 40.0. The summed E-state index contributed by atoms with van der Waals surface area (Å²) in [6.07, 6.45) is 0.866. The number of carbonyl (C=O) groups is 2. The number of halogens is 1. The highest BCUT2D eigenvalue weighted by molar-refractivity contribution is 9.10. The zero-order valence-electron chi connectivity index (χ0n) is 18.8. The molecule has 2 N–H and O–H groups in total. The topological polar surface area (TPSA) is 103 Å². The molecule has 1 atom stereocenters. The molecule has 5 rings (SSSR count). The van der Waals surface area contributed by atoms with Gasteiger partial charge in [0.1, 0.15) is 11.3 Å². The minimum atomic E-state index is -0.699. The number of fused-ring (bicyclic) bond motifs is 2. The van der Waals surface area contributed by atoms with Gasteiger partial charge in [-0.3, -0.25) is 19.3 Å². The summed E-state index contributed by atoms with van der Waals surface area (Å²) in [6.45, 7) is 1.81. The van der Waals surface area contributed by atoms with Crippen LogP contribution in [0.2, 0.25) is 0 Å². The maximum Gasteiger partial charge on any atom is 0.295 e. The Balaban J connectivity index is 1.68. The van der Waals surface area contributed by atoms with Gasteiger partial charge in [-0.15, -0.1) is 0 Å². The Morgan fingerprint density at radius 3 is 2.43 bits per heavy atom. The van der Waals surface area contributed by atoms with Gasteiger partial charge in [0.2, 0.25) is 5.76 Å². The van der Waals surface area contributed by atoms with Gasteiger partial charge in [-0.05, 0) is 60.0 Å². The maximum atomic E-state index is 13.7. The molecule has 0 saturated carbocycles. The zero-order chi connectivity index (χ0) is 24.7. The Bertz CT molecular complexity index is 1510. The van der Waals surface area contributed by atoms with Gasteiger partial charge in [0.25, 0.3) is 11.8 Å². The predicted molar refractivity (Wildman–Crippen MR) is 136 cm³/mol. The van der Waals surface area contributed by atoms with Crippen molar-refractivity contribution in [1.29, 1.82) is 0 Å². The number of benzene rings is 3. The lowest BCUT2D eigenvalue weighted by molar-refractivity contribution is -0.119. The summed E-state index contributed by atoms with van der Waals surface area (Å²) in [7, 11) is 0. The molecule has 8 heteroatoms. The minimum Gasteiger partial charge on any atom is -0.484 e. The van der Waals surface area contributed by atoms with Gasteiger partial charge in [-0.2, -0.15) is 0 Å². The minimum absolute atomic E-state index is 0.0310. The van der Waals surface area contributed by atoms with E-state index in [1.54, 1.807) is 47.4 Å². The van der Waals surface area contributed by atoms with E-state index in [2.05, 4.69) is 22.9 Å². The number of aryl methyl sites for hydroxylation is 1. The van der Waals surface area contributed by atoms with E-state index in [1.807, 2.05) is 24.3 Å². The number of nitrogens with two attached hydrogens (primary N) is 1. The molecular formula is C27H21BrN2O5. The van der Waals surface area contributed by atoms with Gasteiger partial charge < -0.3 is 14.9 Å². The Morgan fingerprint density at radius 1 is 1.06 bits per heavy atom. The predicted octanol–water partition coefficient (Wildman–Crippen LogP) is 4.73. The lowest BCUT2D eigenvalue weighted by Crippen LogP contribution is -2.29. The fourth-order valence-corrected chi connectivity index (χ4v) is 4.68. The van der Waals surface area contributed by atoms with Crippen molar-refractivity contribution < 1.29 is 18.7 Å². The van der Waals surface area contributed by atoms with Crippen LogP contribution in [0, 0.1) is 0 Å². The standard InChI is InChI=1S/C27H21BrN2O5/c1-2-15-3-8-18(9-4-15)30-24(16-5-10-19(11-6-16)34-14-22(29)31)23-25(32)20-13-17(28)7-12-21(20)35-26(23)27(30)33/h3-13,24H,2,14H2,1H3,(H2,29,31). The third-order valence-corrected chi connectivity index (χ3v) is 6.53. The molecule has 0 radical (unpaired) electrons. The molecule has 35 heavy (non-hydrogen) atoms. The largest absolute Gasteiger partial charge is 0.484 e. The fraction of sp³-hybridized carbons (Fsp3) is 0.148. The van der Waals surface area contributed by atoms with E-state index >= 15 is 0 Å². The van der Waals surface area contributed by atoms with E-state index in [0.29, 0.717) is 28.0 Å². The van der Waals surface area contributed by atoms with Crippen LogP contribution in [0.3, 0.4) is 0 Å². The molecule has 0 fully saturated rings. The Morgan fingerprint density at radius 2 is 1.77 bits per heavy atom. The van der Waals surface area contributed by atoms with E-state index in [1.165, 1.54) is 0 Å². The van der Waals surface area contributed by atoms with Crippen LogP contribution in [0.1, 0.15) is 40.2 Å². The Kier molecular flexibility index (Phi) is 5.90. The molecule has 3 aromatic carbocycles. The molecular weight excluding hydrogens is 512 g/mol. The third kappa shape index (κ3) is 4.10. The van der Waals surface area contributed by atoms with Crippen molar-refractivity contribution in [2.45, 2.75) is 19.4 Å². The van der Waals surface area contributed by atoms with Crippen molar-refractivity contribution in [1.82, 2.24) is 0 Å². The van der Waals surface area contributed by atoms with Crippen molar-refractivity contribution in [2.24, 2.45) is 5.73 Å². The van der Waals surface area contributed by atoms with E-state index in [4.69, 9.17) is 14.9 Å². The molecule has 1 aliphatic heterocycles. The number of ether oxygens (including phenoxy) is 1. The Labute approximate surface area is 209 Å². The molecule has 176 valence electrons.